The molecule has 3 atom stereocenters. The molecule has 0 spiro atoms. The highest BCUT2D eigenvalue weighted by Crippen LogP contribution is 2.28. The zero-order valence-corrected chi connectivity index (χ0v) is 18.5. The van der Waals surface area contributed by atoms with E-state index >= 15 is 0 Å². The molecule has 4 rings (SSSR count). The summed E-state index contributed by atoms with van der Waals surface area (Å²) in [5.74, 6) is -0.431. The molecule has 6 heteroatoms. The maximum absolute atomic E-state index is 11.5. The molecule has 0 saturated carbocycles. The van der Waals surface area contributed by atoms with Gasteiger partial charge in [0.25, 0.3) is 0 Å². The van der Waals surface area contributed by atoms with E-state index in [1.165, 1.54) is 5.56 Å². The number of carbonyl (C=O) groups is 1. The average Bonchev–Trinajstić information content (AvgIpc) is 2.82. The normalized spacial score (nSPS) is 16.9. The van der Waals surface area contributed by atoms with Crippen molar-refractivity contribution >= 4 is 17.5 Å². The SMILES string of the molecule is Cc1ccc(CCN[C@H](c2ccccc2)[C@H]2CNc3cccnc3N2)cc1[C@@H](C)C(=O)O. The van der Waals surface area contributed by atoms with Gasteiger partial charge in [-0.2, -0.15) is 0 Å². The van der Waals surface area contributed by atoms with Crippen LogP contribution in [0.4, 0.5) is 11.5 Å². The average molecular weight is 431 g/mol. The third-order valence-electron chi connectivity index (χ3n) is 6.16. The molecule has 4 N–H and O–H groups in total. The Bertz CT molecular complexity index is 1070. The van der Waals surface area contributed by atoms with E-state index in [9.17, 15) is 9.90 Å². The second-order valence-electron chi connectivity index (χ2n) is 8.37. The van der Waals surface area contributed by atoms with Gasteiger partial charge in [-0.3, -0.25) is 4.79 Å². The lowest BCUT2D eigenvalue weighted by Gasteiger charge is -2.34. The summed E-state index contributed by atoms with van der Waals surface area (Å²) < 4.78 is 0. The van der Waals surface area contributed by atoms with E-state index in [0.717, 1.165) is 47.7 Å². The van der Waals surface area contributed by atoms with Crippen LogP contribution in [0.2, 0.25) is 0 Å². The maximum Gasteiger partial charge on any atom is 0.310 e. The third-order valence-corrected chi connectivity index (χ3v) is 6.16. The quantitative estimate of drug-likeness (QED) is 0.425. The van der Waals surface area contributed by atoms with Crippen LogP contribution in [0.15, 0.2) is 66.9 Å². The molecule has 2 aromatic carbocycles. The second-order valence-corrected chi connectivity index (χ2v) is 8.37. The first kappa shape index (κ1) is 21.8. The maximum atomic E-state index is 11.5. The summed E-state index contributed by atoms with van der Waals surface area (Å²) in [6, 6.07) is 20.8. The summed E-state index contributed by atoms with van der Waals surface area (Å²) >= 11 is 0. The Morgan fingerprint density at radius 2 is 2.00 bits per heavy atom. The number of nitrogens with zero attached hydrogens (tertiary/aromatic N) is 1. The zero-order valence-electron chi connectivity index (χ0n) is 18.5. The fourth-order valence-corrected chi connectivity index (χ4v) is 4.28. The van der Waals surface area contributed by atoms with Crippen LogP contribution in [-0.4, -0.2) is 35.2 Å². The van der Waals surface area contributed by atoms with Crippen molar-refractivity contribution in [3.8, 4) is 0 Å². The number of aromatic nitrogens is 1. The van der Waals surface area contributed by atoms with Crippen LogP contribution in [0.1, 0.15) is 41.1 Å². The summed E-state index contributed by atoms with van der Waals surface area (Å²) in [4.78, 5) is 15.9. The van der Waals surface area contributed by atoms with Crippen molar-refractivity contribution < 1.29 is 9.90 Å². The Labute approximate surface area is 189 Å². The van der Waals surface area contributed by atoms with Crippen molar-refractivity contribution in [1.82, 2.24) is 10.3 Å². The molecule has 0 amide bonds. The van der Waals surface area contributed by atoms with E-state index in [1.54, 1.807) is 13.1 Å². The topological polar surface area (TPSA) is 86.3 Å². The van der Waals surface area contributed by atoms with Crippen LogP contribution in [0, 0.1) is 6.92 Å². The highest BCUT2D eigenvalue weighted by molar-refractivity contribution is 5.76. The number of nitrogens with one attached hydrogen (secondary N) is 3. The highest BCUT2D eigenvalue weighted by Gasteiger charge is 2.27. The van der Waals surface area contributed by atoms with Crippen molar-refractivity contribution in [2.75, 3.05) is 23.7 Å². The Morgan fingerprint density at radius 1 is 1.19 bits per heavy atom. The van der Waals surface area contributed by atoms with E-state index in [4.69, 9.17) is 0 Å². The second kappa shape index (κ2) is 9.83. The molecule has 0 fully saturated rings. The molecule has 3 aromatic rings. The summed E-state index contributed by atoms with van der Waals surface area (Å²) in [6.07, 6.45) is 2.62. The van der Waals surface area contributed by atoms with Gasteiger partial charge in [-0.05, 0) is 61.2 Å². The number of fused-ring (bicyclic) bond motifs is 1. The predicted octanol–water partition coefficient (Wildman–Crippen LogP) is 4.36. The lowest BCUT2D eigenvalue weighted by molar-refractivity contribution is -0.138. The molecule has 166 valence electrons. The van der Waals surface area contributed by atoms with Gasteiger partial charge in [0, 0.05) is 12.7 Å². The minimum Gasteiger partial charge on any atom is -0.481 e. The van der Waals surface area contributed by atoms with Gasteiger partial charge >= 0.3 is 5.97 Å². The lowest BCUT2D eigenvalue weighted by Crippen LogP contribution is -2.44. The summed E-state index contributed by atoms with van der Waals surface area (Å²) in [6.45, 7) is 5.27. The molecule has 6 nitrogen and oxygen atoms in total. The Morgan fingerprint density at radius 3 is 2.78 bits per heavy atom. The van der Waals surface area contributed by atoms with Crippen LogP contribution in [-0.2, 0) is 11.2 Å². The van der Waals surface area contributed by atoms with E-state index in [-0.39, 0.29) is 12.1 Å². The van der Waals surface area contributed by atoms with E-state index in [0.29, 0.717) is 0 Å². The van der Waals surface area contributed by atoms with E-state index in [2.05, 4.69) is 51.3 Å². The largest absolute Gasteiger partial charge is 0.481 e. The van der Waals surface area contributed by atoms with Crippen molar-refractivity contribution in [2.24, 2.45) is 0 Å². The van der Waals surface area contributed by atoms with Gasteiger partial charge in [-0.1, -0.05) is 48.5 Å². The molecule has 0 unspecified atom stereocenters. The molecule has 1 aliphatic heterocycles. The summed E-state index contributed by atoms with van der Waals surface area (Å²) in [5.41, 5.74) is 5.28. The van der Waals surface area contributed by atoms with Crippen LogP contribution in [0.3, 0.4) is 0 Å². The van der Waals surface area contributed by atoms with Crippen molar-refractivity contribution in [3.63, 3.8) is 0 Å². The van der Waals surface area contributed by atoms with Crippen LogP contribution in [0.5, 0.6) is 0 Å². The molecule has 0 aliphatic carbocycles. The fourth-order valence-electron chi connectivity index (χ4n) is 4.28. The number of hydrogen-bond donors (Lipinski definition) is 4. The molecular formula is C26H30N4O2. The molecule has 0 bridgehead atoms. The first-order valence-corrected chi connectivity index (χ1v) is 11.1. The number of aryl methyl sites for hydroxylation is 1. The van der Waals surface area contributed by atoms with E-state index < -0.39 is 11.9 Å². The summed E-state index contributed by atoms with van der Waals surface area (Å²) in [5, 5.41) is 20.2. The monoisotopic (exact) mass is 430 g/mol. The Balaban J connectivity index is 1.47. The van der Waals surface area contributed by atoms with Gasteiger partial charge in [0.2, 0.25) is 0 Å². The van der Waals surface area contributed by atoms with Gasteiger partial charge in [0.15, 0.2) is 0 Å². The van der Waals surface area contributed by atoms with Gasteiger partial charge in [0.1, 0.15) is 5.82 Å². The zero-order chi connectivity index (χ0) is 22.5. The lowest BCUT2D eigenvalue weighted by atomic mass is 9.93. The van der Waals surface area contributed by atoms with Gasteiger partial charge in [-0.15, -0.1) is 0 Å². The number of hydrogen-bond acceptors (Lipinski definition) is 5. The number of rotatable bonds is 8. The molecule has 1 aliphatic rings. The predicted molar refractivity (Wildman–Crippen MR) is 128 cm³/mol. The molecule has 0 saturated heterocycles. The number of carboxylic acid groups (broad SMARTS) is 1. The summed E-state index contributed by atoms with van der Waals surface area (Å²) in [7, 11) is 0. The minimum absolute atomic E-state index is 0.0988. The van der Waals surface area contributed by atoms with Crippen LogP contribution in [0.25, 0.3) is 0 Å². The van der Waals surface area contributed by atoms with Crippen molar-refractivity contribution in [3.05, 3.63) is 89.1 Å². The third kappa shape index (κ3) is 4.92. The number of anilines is 2. The Kier molecular flexibility index (Phi) is 6.71. The van der Waals surface area contributed by atoms with Crippen molar-refractivity contribution in [1.29, 1.82) is 0 Å². The molecule has 1 aromatic heterocycles. The number of aliphatic carboxylic acids is 1. The van der Waals surface area contributed by atoms with Gasteiger partial charge < -0.3 is 21.1 Å². The first-order chi connectivity index (χ1) is 15.5. The van der Waals surface area contributed by atoms with E-state index in [1.807, 2.05) is 37.3 Å². The van der Waals surface area contributed by atoms with Crippen LogP contribution < -0.4 is 16.0 Å². The van der Waals surface area contributed by atoms with Gasteiger partial charge in [0.05, 0.1) is 23.7 Å². The minimum atomic E-state index is -0.794. The van der Waals surface area contributed by atoms with Crippen LogP contribution >= 0.6 is 0 Å². The number of pyridine rings is 1. The highest BCUT2D eigenvalue weighted by atomic mass is 16.4. The standard InChI is InChI=1S/C26H30N4O2/c1-17-10-11-19(15-21(17)18(2)26(31)32)12-14-27-24(20-7-4-3-5-8-20)23-16-29-22-9-6-13-28-25(22)30-23/h3-11,13,15,18,23-24,27,29H,12,14,16H2,1-2H3,(H,28,30)(H,31,32)/t18-,23-,24-/m1/s1. The smallest absolute Gasteiger partial charge is 0.310 e. The Hall–Kier alpha value is -3.38. The molecule has 2 heterocycles. The number of benzene rings is 2. The molecule has 0 radical (unpaired) electrons. The fraction of sp³-hybridized carbons (Fsp3) is 0.308. The first-order valence-electron chi connectivity index (χ1n) is 11.1. The molecule has 32 heavy (non-hydrogen) atoms. The number of carboxylic acids is 1. The molecular weight excluding hydrogens is 400 g/mol. The van der Waals surface area contributed by atoms with Gasteiger partial charge in [-0.25, -0.2) is 4.98 Å². The van der Waals surface area contributed by atoms with Crippen molar-refractivity contribution in [2.45, 2.75) is 38.3 Å².